The van der Waals surface area contributed by atoms with Gasteiger partial charge in [-0.15, -0.1) is 0 Å². The van der Waals surface area contributed by atoms with Crippen LogP contribution in [0.5, 0.6) is 0 Å². The highest BCUT2D eigenvalue weighted by Gasteiger charge is 2.04. The average Bonchev–Trinajstić information content (AvgIpc) is 2.22. The van der Waals surface area contributed by atoms with E-state index >= 15 is 0 Å². The van der Waals surface area contributed by atoms with Crippen molar-refractivity contribution < 1.29 is 0 Å². The number of hydrogen-bond donors (Lipinski definition) is 2. The van der Waals surface area contributed by atoms with Crippen LogP contribution in [-0.4, -0.2) is 9.97 Å². The van der Waals surface area contributed by atoms with E-state index in [9.17, 15) is 4.79 Å². The SMILES string of the molecule is Cc1ccc(-c2cnc(N)c(=O)[nH]2)c(C)c1. The molecule has 0 aliphatic rings. The minimum atomic E-state index is -0.350. The molecule has 0 unspecified atom stereocenters. The van der Waals surface area contributed by atoms with E-state index < -0.39 is 0 Å². The summed E-state index contributed by atoms with van der Waals surface area (Å²) in [7, 11) is 0. The van der Waals surface area contributed by atoms with Crippen LogP contribution in [0.2, 0.25) is 0 Å². The van der Waals surface area contributed by atoms with Crippen molar-refractivity contribution in [2.24, 2.45) is 0 Å². The van der Waals surface area contributed by atoms with Crippen LogP contribution in [0.15, 0.2) is 29.2 Å². The summed E-state index contributed by atoms with van der Waals surface area (Å²) in [6, 6.07) is 6.02. The molecule has 16 heavy (non-hydrogen) atoms. The summed E-state index contributed by atoms with van der Waals surface area (Å²) in [5.74, 6) is -0.00600. The Balaban J connectivity index is 2.59. The molecule has 3 N–H and O–H groups in total. The Labute approximate surface area is 93.2 Å². The van der Waals surface area contributed by atoms with Gasteiger partial charge >= 0.3 is 0 Å². The van der Waals surface area contributed by atoms with E-state index in [1.807, 2.05) is 26.0 Å². The van der Waals surface area contributed by atoms with Gasteiger partial charge in [0.05, 0.1) is 11.9 Å². The fourth-order valence-electron chi connectivity index (χ4n) is 1.66. The van der Waals surface area contributed by atoms with Crippen molar-refractivity contribution in [3.8, 4) is 11.3 Å². The second-order valence-electron chi connectivity index (χ2n) is 3.83. The van der Waals surface area contributed by atoms with Gasteiger partial charge in [0.2, 0.25) is 0 Å². The van der Waals surface area contributed by atoms with Crippen molar-refractivity contribution in [3.63, 3.8) is 0 Å². The van der Waals surface area contributed by atoms with Crippen molar-refractivity contribution in [3.05, 3.63) is 45.9 Å². The molecule has 0 aliphatic heterocycles. The molecule has 2 aromatic rings. The maximum absolute atomic E-state index is 11.3. The Bertz CT molecular complexity index is 587. The lowest BCUT2D eigenvalue weighted by molar-refractivity contribution is 1.15. The first-order valence-electron chi connectivity index (χ1n) is 5.00. The first-order valence-corrected chi connectivity index (χ1v) is 5.00. The van der Waals surface area contributed by atoms with Crippen LogP contribution in [0.1, 0.15) is 11.1 Å². The van der Waals surface area contributed by atoms with Crippen molar-refractivity contribution in [2.45, 2.75) is 13.8 Å². The van der Waals surface area contributed by atoms with Crippen LogP contribution in [0.3, 0.4) is 0 Å². The average molecular weight is 215 g/mol. The van der Waals surface area contributed by atoms with Crippen molar-refractivity contribution in [1.82, 2.24) is 9.97 Å². The van der Waals surface area contributed by atoms with Gasteiger partial charge in [-0.3, -0.25) is 4.79 Å². The molecular formula is C12H13N3O. The lowest BCUT2D eigenvalue weighted by Crippen LogP contribution is -2.14. The number of nitrogens with two attached hydrogens (primary N) is 1. The zero-order valence-electron chi connectivity index (χ0n) is 9.24. The summed E-state index contributed by atoms with van der Waals surface area (Å²) in [4.78, 5) is 17.9. The number of benzene rings is 1. The third kappa shape index (κ3) is 1.82. The molecule has 1 heterocycles. The summed E-state index contributed by atoms with van der Waals surface area (Å²) >= 11 is 0. The van der Waals surface area contributed by atoms with Crippen LogP contribution >= 0.6 is 0 Å². The molecular weight excluding hydrogens is 202 g/mol. The van der Waals surface area contributed by atoms with Gasteiger partial charge in [-0.1, -0.05) is 23.8 Å². The van der Waals surface area contributed by atoms with E-state index in [1.54, 1.807) is 6.20 Å². The zero-order valence-corrected chi connectivity index (χ0v) is 9.24. The van der Waals surface area contributed by atoms with Crippen molar-refractivity contribution >= 4 is 5.82 Å². The number of hydrogen-bond acceptors (Lipinski definition) is 3. The minimum absolute atomic E-state index is 0.00600. The molecule has 0 atom stereocenters. The van der Waals surface area contributed by atoms with Gasteiger partial charge in [-0.2, -0.15) is 0 Å². The smallest absolute Gasteiger partial charge is 0.290 e. The van der Waals surface area contributed by atoms with Crippen molar-refractivity contribution in [2.75, 3.05) is 5.73 Å². The first kappa shape index (κ1) is 10.4. The van der Waals surface area contributed by atoms with E-state index in [1.165, 1.54) is 5.56 Å². The summed E-state index contributed by atoms with van der Waals surface area (Å²) in [6.45, 7) is 4.03. The third-order valence-corrected chi connectivity index (χ3v) is 2.49. The topological polar surface area (TPSA) is 71.8 Å². The number of aromatic nitrogens is 2. The van der Waals surface area contributed by atoms with E-state index in [4.69, 9.17) is 5.73 Å². The molecule has 82 valence electrons. The van der Waals surface area contributed by atoms with Gasteiger partial charge in [0.25, 0.3) is 5.56 Å². The standard InChI is InChI=1S/C12H13N3O/c1-7-3-4-9(8(2)5-7)10-6-14-11(13)12(16)15-10/h3-6H,1-2H3,(H2,13,14)(H,15,16). The van der Waals surface area contributed by atoms with E-state index in [0.29, 0.717) is 5.69 Å². The van der Waals surface area contributed by atoms with Gasteiger partial charge in [0.1, 0.15) is 0 Å². The van der Waals surface area contributed by atoms with Gasteiger partial charge < -0.3 is 10.7 Å². The maximum Gasteiger partial charge on any atom is 0.290 e. The Morgan fingerprint density at radius 2 is 2.06 bits per heavy atom. The monoisotopic (exact) mass is 215 g/mol. The van der Waals surface area contributed by atoms with Gasteiger partial charge in [-0.25, -0.2) is 4.98 Å². The van der Waals surface area contributed by atoms with Crippen LogP contribution in [0, 0.1) is 13.8 Å². The normalized spacial score (nSPS) is 10.4. The highest BCUT2D eigenvalue weighted by Crippen LogP contribution is 2.20. The minimum Gasteiger partial charge on any atom is -0.379 e. The second kappa shape index (κ2) is 3.81. The van der Waals surface area contributed by atoms with Gasteiger partial charge in [0, 0.05) is 5.56 Å². The molecule has 0 spiro atoms. The van der Waals surface area contributed by atoms with Crippen LogP contribution in [0.25, 0.3) is 11.3 Å². The van der Waals surface area contributed by atoms with Crippen LogP contribution in [-0.2, 0) is 0 Å². The Morgan fingerprint density at radius 3 is 2.69 bits per heavy atom. The highest BCUT2D eigenvalue weighted by atomic mass is 16.1. The fraction of sp³-hybridized carbons (Fsp3) is 0.167. The number of nitrogens with one attached hydrogen (secondary N) is 1. The Kier molecular flexibility index (Phi) is 2.48. The molecule has 0 saturated carbocycles. The number of aromatic amines is 1. The molecule has 0 fully saturated rings. The molecule has 0 radical (unpaired) electrons. The quantitative estimate of drug-likeness (QED) is 0.759. The molecule has 1 aromatic heterocycles. The number of H-pyrrole nitrogens is 1. The van der Waals surface area contributed by atoms with Crippen LogP contribution in [0.4, 0.5) is 5.82 Å². The van der Waals surface area contributed by atoms with Gasteiger partial charge in [0.15, 0.2) is 5.82 Å². The van der Waals surface area contributed by atoms with E-state index in [2.05, 4.69) is 16.0 Å². The number of nitrogen functional groups attached to an aromatic ring is 1. The number of rotatable bonds is 1. The van der Waals surface area contributed by atoms with E-state index in [0.717, 1.165) is 11.1 Å². The summed E-state index contributed by atoms with van der Waals surface area (Å²) in [6.07, 6.45) is 1.58. The number of nitrogens with zero attached hydrogens (tertiary/aromatic N) is 1. The Morgan fingerprint density at radius 1 is 1.31 bits per heavy atom. The third-order valence-electron chi connectivity index (χ3n) is 2.49. The number of aryl methyl sites for hydroxylation is 2. The van der Waals surface area contributed by atoms with Crippen molar-refractivity contribution in [1.29, 1.82) is 0 Å². The zero-order chi connectivity index (χ0) is 11.7. The predicted octanol–water partition coefficient (Wildman–Crippen LogP) is 1.64. The predicted molar refractivity (Wildman–Crippen MR) is 64.2 cm³/mol. The second-order valence-corrected chi connectivity index (χ2v) is 3.83. The molecule has 0 bridgehead atoms. The molecule has 1 aromatic carbocycles. The molecule has 2 rings (SSSR count). The lowest BCUT2D eigenvalue weighted by atomic mass is 10.0. The van der Waals surface area contributed by atoms with E-state index in [-0.39, 0.29) is 11.4 Å². The molecule has 0 aliphatic carbocycles. The summed E-state index contributed by atoms with van der Waals surface area (Å²) in [5, 5.41) is 0. The lowest BCUT2D eigenvalue weighted by Gasteiger charge is -2.06. The summed E-state index contributed by atoms with van der Waals surface area (Å²) in [5.41, 5.74) is 8.97. The maximum atomic E-state index is 11.3. The molecule has 4 heteroatoms. The van der Waals surface area contributed by atoms with Crippen LogP contribution < -0.4 is 11.3 Å². The number of anilines is 1. The highest BCUT2D eigenvalue weighted by molar-refractivity contribution is 5.63. The fourth-order valence-corrected chi connectivity index (χ4v) is 1.66. The largest absolute Gasteiger partial charge is 0.379 e. The molecule has 0 saturated heterocycles. The molecule has 4 nitrogen and oxygen atoms in total. The Hall–Kier alpha value is -2.10. The summed E-state index contributed by atoms with van der Waals surface area (Å²) < 4.78 is 0. The van der Waals surface area contributed by atoms with Gasteiger partial charge in [-0.05, 0) is 19.4 Å². The molecule has 0 amide bonds. The first-order chi connectivity index (χ1) is 7.58.